The lowest BCUT2D eigenvalue weighted by Gasteiger charge is -2.19. The maximum atomic E-state index is 13.5. The van der Waals surface area contributed by atoms with Gasteiger partial charge in [0.2, 0.25) is 5.16 Å². The third kappa shape index (κ3) is 7.84. The van der Waals surface area contributed by atoms with E-state index in [9.17, 15) is 27.0 Å². The van der Waals surface area contributed by atoms with Gasteiger partial charge in [-0.2, -0.15) is 13.2 Å². The van der Waals surface area contributed by atoms with E-state index in [0.29, 0.717) is 11.0 Å². The highest BCUT2D eigenvalue weighted by Crippen LogP contribution is 2.26. The molecule has 0 spiro atoms. The Kier molecular flexibility index (Phi) is 9.78. The van der Waals surface area contributed by atoms with Gasteiger partial charge < -0.3 is 19.1 Å². The van der Waals surface area contributed by atoms with Crippen molar-refractivity contribution in [3.05, 3.63) is 83.7 Å². The van der Waals surface area contributed by atoms with Crippen LogP contribution >= 0.6 is 0 Å². The Labute approximate surface area is 241 Å². The molecule has 0 saturated carbocycles. The number of hydrogen-bond acceptors (Lipinski definition) is 8. The van der Waals surface area contributed by atoms with E-state index in [1.807, 2.05) is 18.2 Å². The van der Waals surface area contributed by atoms with Gasteiger partial charge in [-0.3, -0.25) is 9.19 Å². The Bertz CT molecular complexity index is 1580. The first-order valence-corrected chi connectivity index (χ1v) is 13.9. The molecule has 0 bridgehead atoms. The van der Waals surface area contributed by atoms with Crippen LogP contribution in [0.3, 0.4) is 0 Å². The van der Waals surface area contributed by atoms with Crippen molar-refractivity contribution in [1.82, 2.24) is 19.4 Å². The number of benzene rings is 2. The normalized spacial score (nSPS) is 12.1. The molecule has 42 heavy (non-hydrogen) atoms. The summed E-state index contributed by atoms with van der Waals surface area (Å²) in [6.45, 7) is -0.0916. The number of rotatable bonds is 10. The van der Waals surface area contributed by atoms with Gasteiger partial charge in [0.1, 0.15) is 19.0 Å². The van der Waals surface area contributed by atoms with E-state index in [4.69, 9.17) is 14.2 Å². The zero-order valence-electron chi connectivity index (χ0n) is 22.7. The molecule has 0 aliphatic heterocycles. The van der Waals surface area contributed by atoms with Crippen molar-refractivity contribution in [3.63, 3.8) is 0 Å². The standard InChI is InChI=1S/C28H27F3N4O6S/c1-19-22(32-13-12-24(19)41-18-28(29,30)31)17-42(38)25-33-21-10-6-7-11-23(21)35(25)26(36)34(2)14-15-39-27(37)40-16-20-8-4-3-5-9-20/h3-13H,14-18H2,1-2H3. The van der Waals surface area contributed by atoms with E-state index in [-0.39, 0.29) is 47.7 Å². The molecule has 0 aliphatic rings. The molecule has 1 amide bonds. The number of carbonyl (C=O) groups is 2. The van der Waals surface area contributed by atoms with Gasteiger partial charge in [0.05, 0.1) is 39.8 Å². The molecule has 0 N–H and O–H groups in total. The number of hydrogen-bond donors (Lipinski definition) is 0. The summed E-state index contributed by atoms with van der Waals surface area (Å²) in [5, 5.41) is -0.0703. The van der Waals surface area contributed by atoms with Crippen LogP contribution in [0.15, 0.2) is 72.0 Å². The molecule has 2 heterocycles. The number of alkyl halides is 3. The SMILES string of the molecule is Cc1c(OCC(F)(F)F)ccnc1CS(=O)c1nc2ccccc2n1C(=O)N(C)CCOC(=O)OCc1ccccc1. The van der Waals surface area contributed by atoms with Crippen molar-refractivity contribution >= 4 is 34.0 Å². The summed E-state index contributed by atoms with van der Waals surface area (Å²) in [6, 6.07) is 16.5. The van der Waals surface area contributed by atoms with Crippen molar-refractivity contribution in [3.8, 4) is 5.75 Å². The minimum Gasteiger partial charge on any atom is -0.484 e. The molecule has 0 fully saturated rings. The molecule has 14 heteroatoms. The smallest absolute Gasteiger partial charge is 0.484 e. The highest BCUT2D eigenvalue weighted by atomic mass is 32.2. The topological polar surface area (TPSA) is 113 Å². The monoisotopic (exact) mass is 604 g/mol. The van der Waals surface area contributed by atoms with Crippen molar-refractivity contribution < 1.29 is 41.2 Å². The van der Waals surface area contributed by atoms with Gasteiger partial charge in [-0.25, -0.2) is 19.1 Å². The third-order valence-corrected chi connectivity index (χ3v) is 7.23. The van der Waals surface area contributed by atoms with E-state index in [1.54, 1.807) is 36.4 Å². The number of halogens is 3. The fraction of sp³-hybridized carbons (Fsp3) is 0.286. The molecule has 2 aromatic heterocycles. The first-order valence-electron chi connectivity index (χ1n) is 12.6. The van der Waals surface area contributed by atoms with Gasteiger partial charge in [-0.1, -0.05) is 42.5 Å². The highest BCUT2D eigenvalue weighted by molar-refractivity contribution is 7.84. The van der Waals surface area contributed by atoms with Crippen molar-refractivity contribution in [1.29, 1.82) is 0 Å². The Balaban J connectivity index is 1.45. The molecule has 10 nitrogen and oxygen atoms in total. The van der Waals surface area contributed by atoms with Crippen LogP contribution < -0.4 is 4.74 Å². The molecule has 2 aromatic carbocycles. The van der Waals surface area contributed by atoms with E-state index in [0.717, 1.165) is 5.56 Å². The van der Waals surface area contributed by atoms with Gasteiger partial charge in [0, 0.05) is 18.8 Å². The van der Waals surface area contributed by atoms with Crippen LogP contribution in [0.5, 0.6) is 5.75 Å². The maximum absolute atomic E-state index is 13.5. The number of ether oxygens (including phenoxy) is 3. The lowest BCUT2D eigenvalue weighted by atomic mass is 10.2. The summed E-state index contributed by atoms with van der Waals surface area (Å²) in [5.74, 6) is -0.271. The zero-order valence-corrected chi connectivity index (χ0v) is 23.5. The number of likely N-dealkylation sites (N-methyl/N-ethyl adjacent to an activating group) is 1. The van der Waals surface area contributed by atoms with Crippen LogP contribution in [-0.2, 0) is 32.6 Å². The van der Waals surface area contributed by atoms with Gasteiger partial charge in [-0.05, 0) is 30.7 Å². The second kappa shape index (κ2) is 13.5. The average molecular weight is 605 g/mol. The zero-order chi connectivity index (χ0) is 30.3. The van der Waals surface area contributed by atoms with Crippen LogP contribution in [-0.4, -0.2) is 68.8 Å². The second-order valence-corrected chi connectivity index (χ2v) is 10.4. The number of pyridine rings is 1. The van der Waals surface area contributed by atoms with Crippen LogP contribution in [0.2, 0.25) is 0 Å². The molecule has 222 valence electrons. The summed E-state index contributed by atoms with van der Waals surface area (Å²) in [6.07, 6.45) is -4.15. The Morgan fingerprint density at radius 1 is 1.02 bits per heavy atom. The molecule has 0 aliphatic carbocycles. The Hall–Kier alpha value is -4.46. The first kappa shape index (κ1) is 30.5. The summed E-state index contributed by atoms with van der Waals surface area (Å²) in [7, 11) is -0.449. The molecule has 0 saturated heterocycles. The van der Waals surface area contributed by atoms with Crippen LogP contribution in [0.25, 0.3) is 11.0 Å². The number of amides is 1. The van der Waals surface area contributed by atoms with Crippen molar-refractivity contribution in [2.75, 3.05) is 26.8 Å². The van der Waals surface area contributed by atoms with Crippen LogP contribution in [0.1, 0.15) is 16.8 Å². The molecule has 4 rings (SSSR count). The van der Waals surface area contributed by atoms with Gasteiger partial charge >= 0.3 is 18.4 Å². The fourth-order valence-electron chi connectivity index (χ4n) is 3.84. The van der Waals surface area contributed by atoms with E-state index in [2.05, 4.69) is 9.97 Å². The summed E-state index contributed by atoms with van der Waals surface area (Å²) >= 11 is 0. The predicted octanol–water partition coefficient (Wildman–Crippen LogP) is 5.24. The lowest BCUT2D eigenvalue weighted by molar-refractivity contribution is -0.153. The van der Waals surface area contributed by atoms with Gasteiger partial charge in [0.25, 0.3) is 0 Å². The second-order valence-electron chi connectivity index (χ2n) is 9.07. The third-order valence-electron chi connectivity index (χ3n) is 6.02. The van der Waals surface area contributed by atoms with E-state index >= 15 is 0 Å². The van der Waals surface area contributed by atoms with Crippen molar-refractivity contribution in [2.24, 2.45) is 0 Å². The molecule has 4 aromatic rings. The number of aromatic nitrogens is 3. The number of para-hydroxylation sites is 2. The maximum Gasteiger partial charge on any atom is 0.508 e. The number of imidazole rings is 1. The summed E-state index contributed by atoms with van der Waals surface area (Å²) < 4.78 is 67.6. The first-order chi connectivity index (χ1) is 20.0. The van der Waals surface area contributed by atoms with Crippen LogP contribution in [0.4, 0.5) is 22.8 Å². The highest BCUT2D eigenvalue weighted by Gasteiger charge is 2.29. The van der Waals surface area contributed by atoms with Crippen LogP contribution in [0, 0.1) is 6.92 Å². The molecule has 0 radical (unpaired) electrons. The fourth-order valence-corrected chi connectivity index (χ4v) is 5.09. The van der Waals surface area contributed by atoms with Crippen molar-refractivity contribution in [2.45, 2.75) is 30.6 Å². The molecular weight excluding hydrogens is 577 g/mol. The quantitative estimate of drug-likeness (QED) is 0.226. The molecule has 1 unspecified atom stereocenters. The predicted molar refractivity (Wildman–Crippen MR) is 146 cm³/mol. The number of nitrogens with zero attached hydrogens (tertiary/aromatic N) is 4. The average Bonchev–Trinajstić information content (AvgIpc) is 3.36. The number of carbonyl (C=O) groups excluding carboxylic acids is 2. The Morgan fingerprint density at radius 2 is 1.74 bits per heavy atom. The van der Waals surface area contributed by atoms with E-state index in [1.165, 1.54) is 35.7 Å². The number of fused-ring (bicyclic) bond motifs is 1. The lowest BCUT2D eigenvalue weighted by Crippen LogP contribution is -2.35. The van der Waals surface area contributed by atoms with Gasteiger partial charge in [0.15, 0.2) is 6.61 Å². The minimum atomic E-state index is -4.52. The summed E-state index contributed by atoms with van der Waals surface area (Å²) in [5.41, 5.74) is 2.12. The molecular formula is C28H27F3N4O6S. The largest absolute Gasteiger partial charge is 0.508 e. The minimum absolute atomic E-state index is 0.00287. The van der Waals surface area contributed by atoms with Gasteiger partial charge in [-0.15, -0.1) is 0 Å². The van der Waals surface area contributed by atoms with E-state index < -0.39 is 35.8 Å². The summed E-state index contributed by atoms with van der Waals surface area (Å²) in [4.78, 5) is 35.3. The molecule has 1 atom stereocenters. The Morgan fingerprint density at radius 3 is 2.48 bits per heavy atom.